The van der Waals surface area contributed by atoms with Crippen molar-refractivity contribution in [2.75, 3.05) is 11.9 Å². The van der Waals surface area contributed by atoms with E-state index in [0.29, 0.717) is 23.9 Å². The number of carbonyl (C=O) groups is 1. The Bertz CT molecular complexity index is 1060. The van der Waals surface area contributed by atoms with Crippen LogP contribution in [0.25, 0.3) is 11.3 Å². The molecule has 0 aliphatic carbocycles. The third-order valence-corrected chi connectivity index (χ3v) is 5.74. The summed E-state index contributed by atoms with van der Waals surface area (Å²) in [7, 11) is 0. The van der Waals surface area contributed by atoms with Crippen molar-refractivity contribution in [2.45, 2.75) is 45.1 Å². The molecular formula is C24H26FN5O. The summed E-state index contributed by atoms with van der Waals surface area (Å²) >= 11 is 0. The molecule has 1 aromatic carbocycles. The summed E-state index contributed by atoms with van der Waals surface area (Å²) in [5.41, 5.74) is 2.23. The highest BCUT2D eigenvalue weighted by Crippen LogP contribution is 2.32. The normalized spacial score (nSPS) is 18.6. The van der Waals surface area contributed by atoms with Gasteiger partial charge in [0, 0.05) is 55.1 Å². The van der Waals surface area contributed by atoms with E-state index in [0.717, 1.165) is 30.5 Å². The molecule has 0 bridgehead atoms. The van der Waals surface area contributed by atoms with Crippen LogP contribution in [0.1, 0.15) is 44.9 Å². The Morgan fingerprint density at radius 3 is 2.77 bits per heavy atom. The fourth-order valence-electron chi connectivity index (χ4n) is 4.14. The number of benzene rings is 1. The predicted octanol–water partition coefficient (Wildman–Crippen LogP) is 4.93. The Labute approximate surface area is 181 Å². The second kappa shape index (κ2) is 9.20. The van der Waals surface area contributed by atoms with E-state index in [1.807, 2.05) is 23.1 Å². The van der Waals surface area contributed by atoms with Gasteiger partial charge in [0.25, 0.3) is 0 Å². The quantitative estimate of drug-likeness (QED) is 0.635. The molecule has 1 aliphatic heterocycles. The molecule has 1 aliphatic rings. The number of anilines is 2. The van der Waals surface area contributed by atoms with Gasteiger partial charge < -0.3 is 10.2 Å². The molecule has 3 aromatic rings. The summed E-state index contributed by atoms with van der Waals surface area (Å²) in [6.45, 7) is 4.33. The zero-order chi connectivity index (χ0) is 21.8. The Morgan fingerprint density at radius 2 is 2.06 bits per heavy atom. The fraction of sp³-hybridized carbons (Fsp3) is 0.333. The molecule has 0 unspecified atom stereocenters. The summed E-state index contributed by atoms with van der Waals surface area (Å²) < 4.78 is 13.7. The Hall–Kier alpha value is -3.35. The number of aromatic nitrogens is 3. The summed E-state index contributed by atoms with van der Waals surface area (Å²) in [6.07, 6.45) is 6.25. The average molecular weight is 420 g/mol. The van der Waals surface area contributed by atoms with E-state index >= 15 is 0 Å². The third-order valence-electron chi connectivity index (χ3n) is 5.74. The molecule has 2 aromatic heterocycles. The van der Waals surface area contributed by atoms with Crippen LogP contribution in [-0.2, 0) is 4.79 Å². The number of nitrogens with one attached hydrogen (secondary N) is 1. The number of amides is 1. The minimum absolute atomic E-state index is 0.0383. The van der Waals surface area contributed by atoms with Crippen LogP contribution in [0, 0.1) is 5.82 Å². The zero-order valence-corrected chi connectivity index (χ0v) is 17.8. The molecule has 0 spiro atoms. The van der Waals surface area contributed by atoms with Crippen molar-refractivity contribution < 1.29 is 9.18 Å². The third kappa shape index (κ3) is 4.87. The molecule has 3 heterocycles. The van der Waals surface area contributed by atoms with Gasteiger partial charge in [-0.3, -0.25) is 9.78 Å². The molecular weight excluding hydrogens is 393 g/mol. The van der Waals surface area contributed by atoms with Crippen LogP contribution in [0.15, 0.2) is 54.9 Å². The maximum Gasteiger partial charge on any atom is 0.219 e. The van der Waals surface area contributed by atoms with Crippen molar-refractivity contribution in [2.24, 2.45) is 0 Å². The van der Waals surface area contributed by atoms with Crippen LogP contribution < -0.4 is 5.32 Å². The van der Waals surface area contributed by atoms with Crippen molar-refractivity contribution in [3.63, 3.8) is 0 Å². The molecule has 7 heteroatoms. The van der Waals surface area contributed by atoms with Gasteiger partial charge in [-0.1, -0.05) is 13.0 Å². The van der Waals surface area contributed by atoms with Crippen molar-refractivity contribution in [3.05, 3.63) is 66.5 Å². The van der Waals surface area contributed by atoms with Crippen LogP contribution in [0.5, 0.6) is 0 Å². The van der Waals surface area contributed by atoms with Gasteiger partial charge in [0.15, 0.2) is 0 Å². The largest absolute Gasteiger partial charge is 0.340 e. The molecule has 1 fully saturated rings. The fourth-order valence-corrected chi connectivity index (χ4v) is 4.14. The number of nitrogens with zero attached hydrogens (tertiary/aromatic N) is 4. The van der Waals surface area contributed by atoms with E-state index in [2.05, 4.69) is 17.2 Å². The monoisotopic (exact) mass is 419 g/mol. The molecule has 4 rings (SSSR count). The molecule has 1 saturated heterocycles. The number of hydrogen-bond acceptors (Lipinski definition) is 5. The van der Waals surface area contributed by atoms with Crippen LogP contribution in [0.3, 0.4) is 0 Å². The number of rotatable bonds is 5. The lowest BCUT2D eigenvalue weighted by molar-refractivity contribution is -0.133. The molecule has 1 amide bonds. The van der Waals surface area contributed by atoms with E-state index in [9.17, 15) is 9.18 Å². The summed E-state index contributed by atoms with van der Waals surface area (Å²) in [5, 5.41) is 3.20. The van der Waals surface area contributed by atoms with Gasteiger partial charge in [0.2, 0.25) is 5.91 Å². The van der Waals surface area contributed by atoms with Crippen molar-refractivity contribution in [1.29, 1.82) is 0 Å². The van der Waals surface area contributed by atoms with Gasteiger partial charge in [-0.15, -0.1) is 0 Å². The Kier molecular flexibility index (Phi) is 6.21. The highest BCUT2D eigenvalue weighted by molar-refractivity contribution is 5.74. The number of carbonyl (C=O) groups excluding carboxylic acids is 1. The minimum Gasteiger partial charge on any atom is -0.340 e. The second-order valence-electron chi connectivity index (χ2n) is 7.88. The first-order chi connectivity index (χ1) is 15.0. The van der Waals surface area contributed by atoms with Gasteiger partial charge in [-0.25, -0.2) is 14.4 Å². The topological polar surface area (TPSA) is 71.0 Å². The molecule has 1 N–H and O–H groups in total. The van der Waals surface area contributed by atoms with Crippen LogP contribution in [-0.4, -0.2) is 38.3 Å². The lowest BCUT2D eigenvalue weighted by atomic mass is 9.90. The molecule has 2 atom stereocenters. The number of piperidine rings is 1. The van der Waals surface area contributed by atoms with E-state index in [4.69, 9.17) is 9.97 Å². The van der Waals surface area contributed by atoms with E-state index in [-0.39, 0.29) is 23.7 Å². The van der Waals surface area contributed by atoms with Crippen molar-refractivity contribution in [1.82, 2.24) is 19.9 Å². The van der Waals surface area contributed by atoms with Crippen LogP contribution in [0.2, 0.25) is 0 Å². The smallest absolute Gasteiger partial charge is 0.219 e. The first-order valence-electron chi connectivity index (χ1n) is 10.6. The van der Waals surface area contributed by atoms with Crippen LogP contribution in [0.4, 0.5) is 15.9 Å². The average Bonchev–Trinajstić information content (AvgIpc) is 2.79. The summed E-state index contributed by atoms with van der Waals surface area (Å²) in [5.74, 6) is 1.07. The number of hydrogen-bond donors (Lipinski definition) is 1. The first kappa shape index (κ1) is 20.9. The maximum absolute atomic E-state index is 13.7. The van der Waals surface area contributed by atoms with E-state index < -0.39 is 0 Å². The number of halogens is 1. The van der Waals surface area contributed by atoms with Gasteiger partial charge in [-0.2, -0.15) is 0 Å². The molecule has 0 radical (unpaired) electrons. The van der Waals surface area contributed by atoms with E-state index in [1.54, 1.807) is 31.5 Å². The van der Waals surface area contributed by atoms with Gasteiger partial charge >= 0.3 is 0 Å². The molecule has 0 saturated carbocycles. The lowest BCUT2D eigenvalue weighted by Gasteiger charge is -2.38. The maximum atomic E-state index is 13.7. The van der Waals surface area contributed by atoms with E-state index in [1.165, 1.54) is 12.1 Å². The molecule has 6 nitrogen and oxygen atoms in total. The Balaban J connectivity index is 1.70. The highest BCUT2D eigenvalue weighted by atomic mass is 19.1. The van der Waals surface area contributed by atoms with Crippen molar-refractivity contribution in [3.8, 4) is 11.3 Å². The minimum atomic E-state index is -0.318. The summed E-state index contributed by atoms with van der Waals surface area (Å²) in [6, 6.07) is 12.2. The predicted molar refractivity (Wildman–Crippen MR) is 118 cm³/mol. The molecule has 31 heavy (non-hydrogen) atoms. The summed E-state index contributed by atoms with van der Waals surface area (Å²) in [4.78, 5) is 27.9. The highest BCUT2D eigenvalue weighted by Gasteiger charge is 2.31. The Morgan fingerprint density at radius 1 is 1.19 bits per heavy atom. The van der Waals surface area contributed by atoms with Crippen LogP contribution >= 0.6 is 0 Å². The van der Waals surface area contributed by atoms with Crippen molar-refractivity contribution >= 4 is 17.4 Å². The number of likely N-dealkylation sites (tertiary alicyclic amines) is 1. The molecule has 160 valence electrons. The first-order valence-corrected chi connectivity index (χ1v) is 10.6. The zero-order valence-electron chi connectivity index (χ0n) is 17.8. The lowest BCUT2D eigenvalue weighted by Crippen LogP contribution is -2.45. The van der Waals surface area contributed by atoms with Gasteiger partial charge in [-0.05, 0) is 49.6 Å². The second-order valence-corrected chi connectivity index (χ2v) is 7.88. The standard InChI is InChI=1S/C24H26FN5O/c1-3-21-10-9-18(15-30(21)16(2)31)24-28-22(17-6-5-11-26-14-17)13-23(29-24)27-20-8-4-7-19(25)12-20/h4-8,11-14,18,21H,3,9-10,15H2,1-2H3,(H,27,28,29)/t18-,21+/m1/s1. The van der Waals surface area contributed by atoms with Gasteiger partial charge in [0.05, 0.1) is 5.69 Å². The SMILES string of the molecule is CC[C@H]1CC[C@@H](c2nc(Nc3cccc(F)c3)cc(-c3cccnc3)n2)CN1C(C)=O. The van der Waals surface area contributed by atoms with Gasteiger partial charge in [0.1, 0.15) is 17.5 Å². The number of pyridine rings is 1.